The van der Waals surface area contributed by atoms with Crippen molar-refractivity contribution in [3.63, 3.8) is 0 Å². The fourth-order valence-corrected chi connectivity index (χ4v) is 2.01. The van der Waals surface area contributed by atoms with Gasteiger partial charge in [-0.05, 0) is 38.3 Å². The molecule has 0 radical (unpaired) electrons. The lowest BCUT2D eigenvalue weighted by Gasteiger charge is -2.22. The molecular formula is C14H24ClN3O2. The van der Waals surface area contributed by atoms with E-state index in [2.05, 4.69) is 29.1 Å². The van der Waals surface area contributed by atoms with Crippen LogP contribution in [0.5, 0.6) is 0 Å². The Balaban J connectivity index is 3.03. The average molecular weight is 302 g/mol. The standard InChI is InChI=1S/C14H24ClN3O2/c1-5-10(6-2)17-12-11(9-16-14(15)18-12)13(19-7-3)20-8-4/h9-10,13H,5-8H2,1-4H3,(H,16,17,18). The van der Waals surface area contributed by atoms with Crippen LogP contribution in [0, 0.1) is 0 Å². The lowest BCUT2D eigenvalue weighted by Crippen LogP contribution is -2.21. The van der Waals surface area contributed by atoms with Crippen LogP contribution in [0.1, 0.15) is 52.4 Å². The topological polar surface area (TPSA) is 56.3 Å². The van der Waals surface area contributed by atoms with E-state index in [-0.39, 0.29) is 5.28 Å². The Morgan fingerprint density at radius 2 is 1.75 bits per heavy atom. The summed E-state index contributed by atoms with van der Waals surface area (Å²) in [6.45, 7) is 9.22. The zero-order chi connectivity index (χ0) is 15.0. The van der Waals surface area contributed by atoms with Gasteiger partial charge in [-0.3, -0.25) is 0 Å². The normalized spacial score (nSPS) is 11.3. The van der Waals surface area contributed by atoms with Crippen LogP contribution in [0.4, 0.5) is 5.82 Å². The molecule has 0 aliphatic carbocycles. The van der Waals surface area contributed by atoms with Gasteiger partial charge in [0.15, 0.2) is 6.29 Å². The van der Waals surface area contributed by atoms with Crippen LogP contribution in [0.15, 0.2) is 6.20 Å². The van der Waals surface area contributed by atoms with Crippen molar-refractivity contribution in [1.29, 1.82) is 0 Å². The third-order valence-corrected chi connectivity index (χ3v) is 3.19. The van der Waals surface area contributed by atoms with Gasteiger partial charge >= 0.3 is 0 Å². The Morgan fingerprint density at radius 1 is 1.15 bits per heavy atom. The molecule has 0 aliphatic rings. The highest BCUT2D eigenvalue weighted by atomic mass is 35.5. The SMILES string of the molecule is CCOC(OCC)c1cnc(Cl)nc1NC(CC)CC. The van der Waals surface area contributed by atoms with Crippen molar-refractivity contribution in [2.75, 3.05) is 18.5 Å². The first-order valence-electron chi connectivity index (χ1n) is 7.18. The molecule has 1 heterocycles. The second-order valence-electron chi connectivity index (χ2n) is 4.34. The monoisotopic (exact) mass is 301 g/mol. The van der Waals surface area contributed by atoms with E-state index in [1.165, 1.54) is 0 Å². The molecule has 0 amide bonds. The molecule has 20 heavy (non-hydrogen) atoms. The molecule has 0 saturated carbocycles. The third kappa shape index (κ3) is 4.89. The van der Waals surface area contributed by atoms with E-state index in [1.54, 1.807) is 6.20 Å². The Bertz CT molecular complexity index is 394. The van der Waals surface area contributed by atoms with Crippen LogP contribution in [-0.2, 0) is 9.47 Å². The minimum absolute atomic E-state index is 0.217. The highest BCUT2D eigenvalue weighted by Gasteiger charge is 2.19. The molecule has 0 unspecified atom stereocenters. The summed E-state index contributed by atoms with van der Waals surface area (Å²) in [4.78, 5) is 8.32. The van der Waals surface area contributed by atoms with E-state index in [9.17, 15) is 0 Å². The maximum Gasteiger partial charge on any atom is 0.224 e. The number of hydrogen-bond acceptors (Lipinski definition) is 5. The van der Waals surface area contributed by atoms with Gasteiger partial charge in [-0.25, -0.2) is 9.97 Å². The third-order valence-electron chi connectivity index (χ3n) is 3.00. The first-order valence-corrected chi connectivity index (χ1v) is 7.56. The number of aromatic nitrogens is 2. The second kappa shape index (κ2) is 9.10. The zero-order valence-corrected chi connectivity index (χ0v) is 13.4. The number of nitrogens with one attached hydrogen (secondary N) is 1. The van der Waals surface area contributed by atoms with Crippen LogP contribution in [0.2, 0.25) is 5.28 Å². The summed E-state index contributed by atoms with van der Waals surface area (Å²) < 4.78 is 11.2. The molecular weight excluding hydrogens is 278 g/mol. The summed E-state index contributed by atoms with van der Waals surface area (Å²) in [7, 11) is 0. The van der Waals surface area contributed by atoms with Gasteiger partial charge in [-0.1, -0.05) is 13.8 Å². The van der Waals surface area contributed by atoms with E-state index in [1.807, 2.05) is 13.8 Å². The first-order chi connectivity index (χ1) is 9.65. The van der Waals surface area contributed by atoms with Crippen molar-refractivity contribution in [2.45, 2.75) is 52.9 Å². The van der Waals surface area contributed by atoms with E-state index < -0.39 is 6.29 Å². The summed E-state index contributed by atoms with van der Waals surface area (Å²) in [5.74, 6) is 0.686. The summed E-state index contributed by atoms with van der Waals surface area (Å²) in [6.07, 6.45) is 3.20. The van der Waals surface area contributed by atoms with Gasteiger partial charge in [-0.15, -0.1) is 0 Å². The predicted octanol–water partition coefficient (Wildman–Crippen LogP) is 3.80. The first kappa shape index (κ1) is 17.1. The largest absolute Gasteiger partial charge is 0.367 e. The van der Waals surface area contributed by atoms with Crippen LogP contribution in [0.3, 0.4) is 0 Å². The fraction of sp³-hybridized carbons (Fsp3) is 0.714. The molecule has 0 saturated heterocycles. The number of rotatable bonds is 9. The van der Waals surface area contributed by atoms with Gasteiger partial charge in [0.2, 0.25) is 5.28 Å². The molecule has 0 spiro atoms. The Morgan fingerprint density at radius 3 is 2.25 bits per heavy atom. The second-order valence-corrected chi connectivity index (χ2v) is 4.68. The van der Waals surface area contributed by atoms with Crippen LogP contribution in [0.25, 0.3) is 0 Å². The summed E-state index contributed by atoms with van der Waals surface area (Å²) in [5.41, 5.74) is 0.782. The minimum atomic E-state index is -0.473. The molecule has 0 atom stereocenters. The molecule has 5 nitrogen and oxygen atoms in total. The van der Waals surface area contributed by atoms with Crippen molar-refractivity contribution < 1.29 is 9.47 Å². The lowest BCUT2D eigenvalue weighted by molar-refractivity contribution is -0.140. The van der Waals surface area contributed by atoms with Gasteiger partial charge in [0.25, 0.3) is 0 Å². The smallest absolute Gasteiger partial charge is 0.224 e. The molecule has 0 aromatic carbocycles. The van der Waals surface area contributed by atoms with E-state index in [0.29, 0.717) is 25.1 Å². The number of anilines is 1. The van der Waals surface area contributed by atoms with Crippen molar-refractivity contribution in [3.8, 4) is 0 Å². The predicted molar refractivity (Wildman–Crippen MR) is 81.0 cm³/mol. The van der Waals surface area contributed by atoms with Gasteiger partial charge in [0, 0.05) is 25.5 Å². The molecule has 1 rings (SSSR count). The average Bonchev–Trinajstić information content (AvgIpc) is 2.45. The van der Waals surface area contributed by atoms with Crippen molar-refractivity contribution in [2.24, 2.45) is 0 Å². The van der Waals surface area contributed by atoms with Crippen molar-refractivity contribution >= 4 is 17.4 Å². The molecule has 1 aromatic rings. The summed E-state index contributed by atoms with van der Waals surface area (Å²) in [6, 6.07) is 0.337. The van der Waals surface area contributed by atoms with Gasteiger partial charge in [0.05, 0.1) is 5.56 Å². The van der Waals surface area contributed by atoms with Crippen molar-refractivity contribution in [3.05, 3.63) is 17.0 Å². The summed E-state index contributed by atoms with van der Waals surface area (Å²) in [5, 5.41) is 3.61. The molecule has 1 N–H and O–H groups in total. The number of ether oxygens (including phenoxy) is 2. The molecule has 114 valence electrons. The van der Waals surface area contributed by atoms with Crippen LogP contribution < -0.4 is 5.32 Å². The quantitative estimate of drug-likeness (QED) is 0.555. The molecule has 1 aromatic heterocycles. The number of halogens is 1. The highest BCUT2D eigenvalue weighted by molar-refractivity contribution is 6.28. The number of nitrogens with zero attached hydrogens (tertiary/aromatic N) is 2. The maximum atomic E-state index is 5.90. The Kier molecular flexibility index (Phi) is 7.80. The van der Waals surface area contributed by atoms with Gasteiger partial charge in [-0.2, -0.15) is 0 Å². The summed E-state index contributed by atoms with van der Waals surface area (Å²) >= 11 is 5.90. The number of hydrogen-bond donors (Lipinski definition) is 1. The van der Waals surface area contributed by atoms with E-state index >= 15 is 0 Å². The maximum absolute atomic E-state index is 5.90. The lowest BCUT2D eigenvalue weighted by atomic mass is 10.1. The van der Waals surface area contributed by atoms with Crippen LogP contribution >= 0.6 is 11.6 Å². The minimum Gasteiger partial charge on any atom is -0.367 e. The molecule has 0 aliphatic heterocycles. The Labute approximate surface area is 126 Å². The Hall–Kier alpha value is -0.910. The fourth-order valence-electron chi connectivity index (χ4n) is 1.87. The van der Waals surface area contributed by atoms with E-state index in [0.717, 1.165) is 18.4 Å². The van der Waals surface area contributed by atoms with E-state index in [4.69, 9.17) is 21.1 Å². The highest BCUT2D eigenvalue weighted by Crippen LogP contribution is 2.26. The molecule has 0 fully saturated rings. The van der Waals surface area contributed by atoms with Gasteiger partial charge < -0.3 is 14.8 Å². The molecule has 0 bridgehead atoms. The molecule has 6 heteroatoms. The van der Waals surface area contributed by atoms with Crippen LogP contribution in [-0.4, -0.2) is 29.2 Å². The van der Waals surface area contributed by atoms with Crippen molar-refractivity contribution in [1.82, 2.24) is 9.97 Å². The zero-order valence-electron chi connectivity index (χ0n) is 12.6. The van der Waals surface area contributed by atoms with Gasteiger partial charge in [0.1, 0.15) is 5.82 Å².